The molecule has 0 bridgehead atoms. The van der Waals surface area contributed by atoms with Crippen LogP contribution in [0.25, 0.3) is 0 Å². The van der Waals surface area contributed by atoms with Crippen LogP contribution in [-0.2, 0) is 10.1 Å². The third-order valence-electron chi connectivity index (χ3n) is 4.86. The summed E-state index contributed by atoms with van der Waals surface area (Å²) in [5.41, 5.74) is -5.65. The van der Waals surface area contributed by atoms with E-state index in [1.165, 1.54) is 14.0 Å². The van der Waals surface area contributed by atoms with Crippen LogP contribution in [0.3, 0.4) is 0 Å². The van der Waals surface area contributed by atoms with Crippen LogP contribution in [0.1, 0.15) is 0 Å². The Labute approximate surface area is 195 Å². The van der Waals surface area contributed by atoms with Gasteiger partial charge < -0.3 is 4.55 Å². The molecule has 0 aromatic heterocycles. The first kappa shape index (κ1) is 25.0. The predicted molar refractivity (Wildman–Crippen MR) is 126 cm³/mol. The summed E-state index contributed by atoms with van der Waals surface area (Å²) in [5.74, 6) is 0. The van der Waals surface area contributed by atoms with Crippen LogP contribution < -0.4 is 14.0 Å². The molecule has 0 heterocycles. The van der Waals surface area contributed by atoms with E-state index in [2.05, 4.69) is 121 Å². The van der Waals surface area contributed by atoms with Crippen molar-refractivity contribution in [3.05, 3.63) is 121 Å². The molecule has 0 atom stereocenters. The van der Waals surface area contributed by atoms with Gasteiger partial charge in [0.2, 0.25) is 0 Å². The third kappa shape index (κ3) is 5.67. The van der Waals surface area contributed by atoms with Crippen LogP contribution in [0.4, 0.5) is 13.2 Å². The van der Waals surface area contributed by atoms with E-state index in [1.807, 2.05) is 0 Å². The van der Waals surface area contributed by atoms with Gasteiger partial charge in [0.25, 0.3) is 0 Å². The number of halogens is 3. The zero-order valence-electron chi connectivity index (χ0n) is 17.3. The number of rotatable bonds is 4. The Hall–Kier alpha value is -2.60. The molecule has 0 spiro atoms. The van der Waals surface area contributed by atoms with Crippen LogP contribution in [0.15, 0.2) is 121 Å². The molecule has 0 fully saturated rings. The molecule has 0 saturated carbocycles. The summed E-state index contributed by atoms with van der Waals surface area (Å²) in [6.45, 7) is 0. The van der Waals surface area contributed by atoms with Crippen molar-refractivity contribution in [2.45, 2.75) is 5.51 Å². The first-order chi connectivity index (χ1) is 15.7. The van der Waals surface area contributed by atoms with Gasteiger partial charge in [0.1, 0.15) is 0 Å². The average Bonchev–Trinajstić information content (AvgIpc) is 2.82. The van der Waals surface area contributed by atoms with Crippen molar-refractivity contribution in [2.75, 3.05) is 0 Å². The van der Waals surface area contributed by atoms with Crippen LogP contribution >= 0.6 is 0 Å². The molecule has 0 aliphatic heterocycles. The Bertz CT molecular complexity index is 1090. The molecule has 0 amide bonds. The normalized spacial score (nSPS) is 11.9. The third-order valence-corrected chi connectivity index (χ3v) is 17.7. The van der Waals surface area contributed by atoms with E-state index in [-0.39, 0.29) is 0 Å². The van der Waals surface area contributed by atoms with Crippen LogP contribution in [0.2, 0.25) is 0 Å². The second-order valence-electron chi connectivity index (χ2n) is 6.91. The van der Waals surface area contributed by atoms with Crippen molar-refractivity contribution in [2.24, 2.45) is 0 Å². The van der Waals surface area contributed by atoms with Crippen LogP contribution in [0, 0.1) is 0 Å². The van der Waals surface area contributed by atoms with Crippen molar-refractivity contribution in [3.63, 3.8) is 0 Å². The second kappa shape index (κ2) is 10.6. The Morgan fingerprint density at radius 2 is 0.697 bits per heavy atom. The second-order valence-corrected chi connectivity index (χ2v) is 18.0. The van der Waals surface area contributed by atoms with Gasteiger partial charge in [-0.3, -0.25) is 0 Å². The molecule has 0 N–H and O–H groups in total. The quantitative estimate of drug-likeness (QED) is 0.212. The van der Waals surface area contributed by atoms with E-state index >= 15 is 0 Å². The molecular formula is C25H20F3O3SSb. The Morgan fingerprint density at radius 1 is 0.515 bits per heavy atom. The SMILES string of the molecule is O=S(=O)([O-])C(F)(F)F.c1cc[c]([Sb+]([c]2ccccc2)([c]2ccccc2)[c]2ccccc2)cc1. The molecular weight excluding hydrogens is 559 g/mol. The first-order valence-corrected chi connectivity index (χ1v) is 16.3. The molecule has 8 heteroatoms. The van der Waals surface area contributed by atoms with Gasteiger partial charge in [-0.05, 0) is 0 Å². The molecule has 4 rings (SSSR count). The Kier molecular flexibility index (Phi) is 8.00. The van der Waals surface area contributed by atoms with E-state index in [9.17, 15) is 13.2 Å². The minimum atomic E-state index is -6.09. The maximum absolute atomic E-state index is 10.7. The Morgan fingerprint density at radius 3 is 0.848 bits per heavy atom. The van der Waals surface area contributed by atoms with Crippen LogP contribution in [0.5, 0.6) is 0 Å². The topological polar surface area (TPSA) is 57.2 Å². The van der Waals surface area contributed by atoms with E-state index in [0.29, 0.717) is 0 Å². The molecule has 170 valence electrons. The molecule has 4 aromatic rings. The molecule has 4 aromatic carbocycles. The van der Waals surface area contributed by atoms with Crippen molar-refractivity contribution in [1.82, 2.24) is 0 Å². The standard InChI is InChI=1S/4C6H5.CHF3O3S.Sb/c4*1-2-4-6-5-3-1;2-1(3,4)8(5,6)7;/h4*1-5H;(H,5,6,7);/q;;;;;+1/p-1. The van der Waals surface area contributed by atoms with Crippen molar-refractivity contribution in [1.29, 1.82) is 0 Å². The molecule has 3 nitrogen and oxygen atoms in total. The van der Waals surface area contributed by atoms with Crippen molar-refractivity contribution in [3.8, 4) is 0 Å². The number of hydrogen-bond acceptors (Lipinski definition) is 3. The molecule has 0 aliphatic carbocycles. The van der Waals surface area contributed by atoms with Gasteiger partial charge in [-0.15, -0.1) is 0 Å². The van der Waals surface area contributed by atoms with Gasteiger partial charge in [-0.2, -0.15) is 13.2 Å². The summed E-state index contributed by atoms with van der Waals surface area (Å²) >= 11 is -3.17. The van der Waals surface area contributed by atoms with E-state index in [1.54, 1.807) is 0 Å². The van der Waals surface area contributed by atoms with Gasteiger partial charge in [-0.25, -0.2) is 8.42 Å². The maximum atomic E-state index is 10.7. The summed E-state index contributed by atoms with van der Waals surface area (Å²) in [6, 6.07) is 44.4. The molecule has 33 heavy (non-hydrogen) atoms. The molecule has 0 unspecified atom stereocenters. The minimum absolute atomic E-state index is 1.48. The zero-order chi connectivity index (χ0) is 24.0. The zero-order valence-corrected chi connectivity index (χ0v) is 20.6. The molecule has 0 saturated heterocycles. The van der Waals surface area contributed by atoms with Crippen molar-refractivity contribution < 1.29 is 26.1 Å². The fourth-order valence-electron chi connectivity index (χ4n) is 3.50. The molecule has 0 radical (unpaired) electrons. The fraction of sp³-hybridized carbons (Fsp3) is 0.0400. The summed E-state index contributed by atoms with van der Waals surface area (Å²) in [4.78, 5) is 0. The number of benzene rings is 4. The van der Waals surface area contributed by atoms with Crippen molar-refractivity contribution >= 4 is 43.0 Å². The van der Waals surface area contributed by atoms with Gasteiger partial charge in [-0.1, -0.05) is 0 Å². The fourth-order valence-corrected chi connectivity index (χ4v) is 15.7. The first-order valence-electron chi connectivity index (χ1n) is 9.81. The number of alkyl halides is 3. The van der Waals surface area contributed by atoms with Gasteiger partial charge in [0, 0.05) is 0 Å². The van der Waals surface area contributed by atoms with E-state index < -0.39 is 34.4 Å². The summed E-state index contributed by atoms with van der Waals surface area (Å²) in [7, 11) is -6.09. The monoisotopic (exact) mass is 578 g/mol. The summed E-state index contributed by atoms with van der Waals surface area (Å²) in [6.07, 6.45) is 0. The summed E-state index contributed by atoms with van der Waals surface area (Å²) < 4.78 is 64.8. The summed E-state index contributed by atoms with van der Waals surface area (Å²) in [5, 5.41) is 0. The number of hydrogen-bond donors (Lipinski definition) is 0. The van der Waals surface area contributed by atoms with E-state index in [4.69, 9.17) is 13.0 Å². The van der Waals surface area contributed by atoms with Gasteiger partial charge in [0.15, 0.2) is 10.1 Å². The average molecular weight is 579 g/mol. The van der Waals surface area contributed by atoms with Crippen LogP contribution in [-0.4, -0.2) is 37.3 Å². The van der Waals surface area contributed by atoms with Gasteiger partial charge >= 0.3 is 160 Å². The van der Waals surface area contributed by atoms with Gasteiger partial charge in [0.05, 0.1) is 0 Å². The van der Waals surface area contributed by atoms with E-state index in [0.717, 1.165) is 0 Å². The molecule has 0 aliphatic rings. The Balaban J connectivity index is 0.000000331. The predicted octanol–water partition coefficient (Wildman–Crippen LogP) is 3.12.